The monoisotopic (exact) mass is 167 g/mol. The number of carbonyl (C=O) groups excluding carboxylic acids is 1. The molecule has 0 saturated heterocycles. The van der Waals surface area contributed by atoms with Gasteiger partial charge in [0.15, 0.2) is 0 Å². The fourth-order valence-electron chi connectivity index (χ4n) is 1.45. The van der Waals surface area contributed by atoms with Crippen LogP contribution in [0.5, 0.6) is 0 Å². The average molecular weight is 167 g/mol. The number of amides is 1. The Labute approximate surface area is 74.0 Å². The van der Waals surface area contributed by atoms with Gasteiger partial charge in [-0.1, -0.05) is 25.5 Å². The van der Waals surface area contributed by atoms with Crippen LogP contribution in [-0.2, 0) is 4.79 Å². The minimum atomic E-state index is 0.195. The van der Waals surface area contributed by atoms with Gasteiger partial charge >= 0.3 is 0 Å². The molecule has 1 aliphatic heterocycles. The molecule has 0 aromatic heterocycles. The number of hydrogen-bond acceptors (Lipinski definition) is 1. The Morgan fingerprint density at radius 3 is 3.08 bits per heavy atom. The predicted octanol–water partition coefficient (Wildman–Crippen LogP) is 1.87. The van der Waals surface area contributed by atoms with Crippen LogP contribution < -0.4 is 5.32 Å². The zero-order valence-corrected chi connectivity index (χ0v) is 7.89. The van der Waals surface area contributed by atoms with Crippen molar-refractivity contribution < 1.29 is 4.79 Å². The highest BCUT2D eigenvalue weighted by atomic mass is 16.1. The minimum Gasteiger partial charge on any atom is -0.352 e. The molecule has 1 amide bonds. The second kappa shape index (κ2) is 4.29. The molecule has 0 spiro atoms. The summed E-state index contributed by atoms with van der Waals surface area (Å²) in [6.45, 7) is 5.06. The summed E-state index contributed by atoms with van der Waals surface area (Å²) in [7, 11) is 0. The van der Waals surface area contributed by atoms with Crippen molar-refractivity contribution in [3.05, 3.63) is 11.6 Å². The van der Waals surface area contributed by atoms with E-state index in [-0.39, 0.29) is 5.91 Å². The first-order valence-electron chi connectivity index (χ1n) is 4.68. The second-order valence-electron chi connectivity index (χ2n) is 3.47. The molecule has 1 rings (SSSR count). The van der Waals surface area contributed by atoms with Crippen LogP contribution in [-0.4, -0.2) is 12.5 Å². The Morgan fingerprint density at radius 2 is 2.42 bits per heavy atom. The van der Waals surface area contributed by atoms with E-state index in [1.807, 2.05) is 0 Å². The van der Waals surface area contributed by atoms with E-state index in [1.54, 1.807) is 0 Å². The molecule has 1 aliphatic rings. The van der Waals surface area contributed by atoms with Crippen molar-refractivity contribution in [3.63, 3.8) is 0 Å². The first-order valence-corrected chi connectivity index (χ1v) is 4.68. The summed E-state index contributed by atoms with van der Waals surface area (Å²) in [4.78, 5) is 11.1. The molecule has 2 heteroatoms. The van der Waals surface area contributed by atoms with Gasteiger partial charge in [0.1, 0.15) is 0 Å². The van der Waals surface area contributed by atoms with E-state index in [9.17, 15) is 4.79 Å². The molecule has 0 aromatic carbocycles. The lowest BCUT2D eigenvalue weighted by molar-refractivity contribution is -0.121. The van der Waals surface area contributed by atoms with E-state index in [1.165, 1.54) is 5.57 Å². The topological polar surface area (TPSA) is 29.1 Å². The molecule has 0 aromatic rings. The maximum atomic E-state index is 11.1. The summed E-state index contributed by atoms with van der Waals surface area (Å²) < 4.78 is 0. The van der Waals surface area contributed by atoms with Gasteiger partial charge in [0, 0.05) is 13.0 Å². The van der Waals surface area contributed by atoms with Gasteiger partial charge in [-0.25, -0.2) is 0 Å². The highest BCUT2D eigenvalue weighted by molar-refractivity contribution is 5.76. The van der Waals surface area contributed by atoms with Crippen LogP contribution in [0.2, 0.25) is 0 Å². The minimum absolute atomic E-state index is 0.195. The van der Waals surface area contributed by atoms with Gasteiger partial charge < -0.3 is 5.32 Å². The third-order valence-corrected chi connectivity index (χ3v) is 2.31. The van der Waals surface area contributed by atoms with Gasteiger partial charge in [-0.05, 0) is 18.8 Å². The maximum absolute atomic E-state index is 11.1. The van der Waals surface area contributed by atoms with Crippen molar-refractivity contribution in [1.82, 2.24) is 5.32 Å². The summed E-state index contributed by atoms with van der Waals surface area (Å²) >= 11 is 0. The lowest BCUT2D eigenvalue weighted by atomic mass is 9.99. The SMILES string of the molecule is CCC1=CC(C)CCC(=O)NC1. The fraction of sp³-hybridized carbons (Fsp3) is 0.700. The molecule has 0 fully saturated rings. The van der Waals surface area contributed by atoms with E-state index in [0.29, 0.717) is 12.3 Å². The Hall–Kier alpha value is -0.790. The van der Waals surface area contributed by atoms with Crippen LogP contribution in [0.4, 0.5) is 0 Å². The van der Waals surface area contributed by atoms with E-state index in [2.05, 4.69) is 25.2 Å². The normalized spacial score (nSPS) is 25.3. The largest absolute Gasteiger partial charge is 0.352 e. The Morgan fingerprint density at radius 1 is 1.67 bits per heavy atom. The van der Waals surface area contributed by atoms with Crippen molar-refractivity contribution in [2.24, 2.45) is 5.92 Å². The molecule has 0 aliphatic carbocycles. The standard InChI is InChI=1S/C10H17NO/c1-3-9-6-8(2)4-5-10(12)11-7-9/h6,8H,3-5,7H2,1-2H3,(H,11,12). The fourth-order valence-corrected chi connectivity index (χ4v) is 1.45. The number of carbonyl (C=O) groups is 1. The Bertz CT molecular complexity index is 196. The van der Waals surface area contributed by atoms with Gasteiger partial charge in [-0.3, -0.25) is 4.79 Å². The van der Waals surface area contributed by atoms with Gasteiger partial charge in [-0.15, -0.1) is 0 Å². The van der Waals surface area contributed by atoms with Crippen molar-refractivity contribution >= 4 is 5.91 Å². The van der Waals surface area contributed by atoms with Crippen LogP contribution in [0.3, 0.4) is 0 Å². The van der Waals surface area contributed by atoms with E-state index < -0.39 is 0 Å². The maximum Gasteiger partial charge on any atom is 0.220 e. The van der Waals surface area contributed by atoms with Crippen LogP contribution in [0, 0.1) is 5.92 Å². The highest BCUT2D eigenvalue weighted by Gasteiger charge is 2.09. The van der Waals surface area contributed by atoms with Crippen LogP contribution in [0.15, 0.2) is 11.6 Å². The summed E-state index contributed by atoms with van der Waals surface area (Å²) in [5.74, 6) is 0.756. The van der Waals surface area contributed by atoms with Gasteiger partial charge in [0.05, 0.1) is 0 Å². The van der Waals surface area contributed by atoms with Crippen molar-refractivity contribution in [2.45, 2.75) is 33.1 Å². The number of allylic oxidation sites excluding steroid dienone is 1. The molecule has 1 unspecified atom stereocenters. The molecule has 1 atom stereocenters. The number of nitrogens with one attached hydrogen (secondary N) is 1. The van der Waals surface area contributed by atoms with Gasteiger partial charge in [-0.2, -0.15) is 0 Å². The molecule has 0 bridgehead atoms. The molecule has 0 saturated carbocycles. The lowest BCUT2D eigenvalue weighted by Crippen LogP contribution is -2.27. The first kappa shape index (κ1) is 9.30. The Balaban J connectivity index is 2.61. The highest BCUT2D eigenvalue weighted by Crippen LogP contribution is 2.14. The molecule has 1 heterocycles. The van der Waals surface area contributed by atoms with Crippen molar-refractivity contribution in [2.75, 3.05) is 6.54 Å². The first-order chi connectivity index (χ1) is 5.72. The average Bonchev–Trinajstić information content (AvgIpc) is 2.06. The van der Waals surface area contributed by atoms with E-state index >= 15 is 0 Å². The summed E-state index contributed by atoms with van der Waals surface area (Å²) in [6, 6.07) is 0. The van der Waals surface area contributed by atoms with Crippen molar-refractivity contribution in [1.29, 1.82) is 0 Å². The molecular weight excluding hydrogens is 150 g/mol. The summed E-state index contributed by atoms with van der Waals surface area (Å²) in [5, 5.41) is 2.90. The van der Waals surface area contributed by atoms with Gasteiger partial charge in [0.2, 0.25) is 5.91 Å². The quantitative estimate of drug-likeness (QED) is 0.593. The zero-order chi connectivity index (χ0) is 8.97. The third kappa shape index (κ3) is 2.68. The smallest absolute Gasteiger partial charge is 0.220 e. The van der Waals surface area contributed by atoms with Gasteiger partial charge in [0.25, 0.3) is 0 Å². The molecule has 0 radical (unpaired) electrons. The van der Waals surface area contributed by atoms with E-state index in [4.69, 9.17) is 0 Å². The molecule has 12 heavy (non-hydrogen) atoms. The van der Waals surface area contributed by atoms with Crippen LogP contribution >= 0.6 is 0 Å². The lowest BCUT2D eigenvalue weighted by Gasteiger charge is -2.15. The molecule has 2 nitrogen and oxygen atoms in total. The van der Waals surface area contributed by atoms with E-state index in [0.717, 1.165) is 19.4 Å². The third-order valence-electron chi connectivity index (χ3n) is 2.31. The predicted molar refractivity (Wildman–Crippen MR) is 49.8 cm³/mol. The zero-order valence-electron chi connectivity index (χ0n) is 7.89. The summed E-state index contributed by atoms with van der Waals surface area (Å²) in [5.41, 5.74) is 1.36. The number of rotatable bonds is 1. The van der Waals surface area contributed by atoms with Crippen LogP contribution in [0.1, 0.15) is 33.1 Å². The molecule has 1 N–H and O–H groups in total. The molecule has 68 valence electrons. The van der Waals surface area contributed by atoms with Crippen molar-refractivity contribution in [3.8, 4) is 0 Å². The number of hydrogen-bond donors (Lipinski definition) is 1. The second-order valence-corrected chi connectivity index (χ2v) is 3.47. The molecular formula is C10H17NO. The van der Waals surface area contributed by atoms with Crippen LogP contribution in [0.25, 0.3) is 0 Å². The Kier molecular flexibility index (Phi) is 3.32. The summed E-state index contributed by atoms with van der Waals surface area (Å²) in [6.07, 6.45) is 4.99.